The van der Waals surface area contributed by atoms with Crippen molar-refractivity contribution in [3.63, 3.8) is 0 Å². The number of amides is 2. The maximum Gasteiger partial charge on any atom is 0.321 e. The molecule has 2 rings (SSSR count). The van der Waals surface area contributed by atoms with Crippen molar-refractivity contribution in [2.24, 2.45) is 0 Å². The van der Waals surface area contributed by atoms with Crippen LogP contribution in [0.3, 0.4) is 0 Å². The second-order valence-corrected chi connectivity index (χ2v) is 5.42. The summed E-state index contributed by atoms with van der Waals surface area (Å²) >= 11 is 1.37. The summed E-state index contributed by atoms with van der Waals surface area (Å²) in [6.07, 6.45) is 2.36. The van der Waals surface area contributed by atoms with Crippen LogP contribution in [0, 0.1) is 6.92 Å². The first-order valence-electron chi connectivity index (χ1n) is 5.70. The number of urea groups is 1. The number of anilines is 1. The van der Waals surface area contributed by atoms with Crippen LogP contribution in [0.25, 0.3) is 0 Å². The van der Waals surface area contributed by atoms with E-state index in [4.69, 9.17) is 0 Å². The highest BCUT2D eigenvalue weighted by Gasteiger charge is 2.21. The second kappa shape index (κ2) is 5.42. The quantitative estimate of drug-likeness (QED) is 0.847. The zero-order chi connectivity index (χ0) is 12.3. The molecular weight excluding hydrogens is 238 g/mol. The maximum atomic E-state index is 11.6. The van der Waals surface area contributed by atoms with Crippen LogP contribution < -0.4 is 10.6 Å². The van der Waals surface area contributed by atoms with E-state index >= 15 is 0 Å². The lowest BCUT2D eigenvalue weighted by Gasteiger charge is -2.19. The van der Waals surface area contributed by atoms with Crippen molar-refractivity contribution in [1.29, 1.82) is 0 Å². The topological polar surface area (TPSA) is 70.1 Å². The molecule has 2 amide bonds. The average molecular weight is 255 g/mol. The monoisotopic (exact) mass is 255 g/mol. The Hall–Kier alpha value is -1.21. The Morgan fingerprint density at radius 2 is 2.41 bits per heavy atom. The molecule has 0 aliphatic carbocycles. The number of aryl methyl sites for hydroxylation is 1. The van der Waals surface area contributed by atoms with Crippen molar-refractivity contribution in [3.8, 4) is 0 Å². The molecule has 0 spiro atoms. The van der Waals surface area contributed by atoms with Crippen LogP contribution in [0.15, 0.2) is 0 Å². The molecule has 1 saturated heterocycles. The van der Waals surface area contributed by atoms with E-state index in [2.05, 4.69) is 32.8 Å². The largest absolute Gasteiger partial charge is 0.336 e. The predicted octanol–water partition coefficient (Wildman–Crippen LogP) is 1.06. The third-order valence-corrected chi connectivity index (χ3v) is 3.67. The minimum absolute atomic E-state index is 0.207. The van der Waals surface area contributed by atoms with Gasteiger partial charge < -0.3 is 10.2 Å². The highest BCUT2D eigenvalue weighted by atomic mass is 32.1. The molecule has 94 valence electrons. The number of likely N-dealkylation sites (N-methyl/N-ethyl adjacent to an activating group) is 1. The van der Waals surface area contributed by atoms with Gasteiger partial charge >= 0.3 is 6.03 Å². The third-order valence-electron chi connectivity index (χ3n) is 2.92. The molecule has 0 radical (unpaired) electrons. The predicted molar refractivity (Wildman–Crippen MR) is 67.3 cm³/mol. The molecule has 0 bridgehead atoms. The summed E-state index contributed by atoms with van der Waals surface area (Å²) in [5.74, 6) is 0. The molecule has 2 N–H and O–H groups in total. The van der Waals surface area contributed by atoms with Crippen LogP contribution in [0.2, 0.25) is 0 Å². The number of hydrogen-bond donors (Lipinski definition) is 2. The van der Waals surface area contributed by atoms with Crippen LogP contribution in [-0.2, 0) is 0 Å². The summed E-state index contributed by atoms with van der Waals surface area (Å²) in [6, 6.07) is 0.248. The Balaban J connectivity index is 1.74. The molecule has 0 aromatic carbocycles. The van der Waals surface area contributed by atoms with Gasteiger partial charge in [-0.3, -0.25) is 5.32 Å². The van der Waals surface area contributed by atoms with Crippen LogP contribution in [0.4, 0.5) is 9.93 Å². The number of rotatable bonds is 3. The van der Waals surface area contributed by atoms with Crippen LogP contribution in [0.5, 0.6) is 0 Å². The Labute approximate surface area is 104 Å². The van der Waals surface area contributed by atoms with Crippen molar-refractivity contribution >= 4 is 22.5 Å². The van der Waals surface area contributed by atoms with Gasteiger partial charge in [-0.05, 0) is 33.4 Å². The zero-order valence-electron chi connectivity index (χ0n) is 10.1. The van der Waals surface area contributed by atoms with E-state index in [0.29, 0.717) is 17.7 Å². The fourth-order valence-electron chi connectivity index (χ4n) is 1.94. The van der Waals surface area contributed by atoms with E-state index in [9.17, 15) is 4.79 Å². The highest BCUT2D eigenvalue weighted by molar-refractivity contribution is 7.15. The van der Waals surface area contributed by atoms with Crippen molar-refractivity contribution in [3.05, 3.63) is 5.01 Å². The van der Waals surface area contributed by atoms with Crippen LogP contribution >= 0.6 is 11.3 Å². The number of nitrogens with one attached hydrogen (secondary N) is 2. The van der Waals surface area contributed by atoms with Gasteiger partial charge in [0.25, 0.3) is 0 Å². The number of carbonyl (C=O) groups excluding carboxylic acids is 1. The second-order valence-electron chi connectivity index (χ2n) is 4.24. The van der Waals surface area contributed by atoms with Crippen molar-refractivity contribution in [2.75, 3.05) is 25.5 Å². The van der Waals surface area contributed by atoms with Gasteiger partial charge in [0, 0.05) is 12.6 Å². The first-order valence-corrected chi connectivity index (χ1v) is 6.52. The highest BCUT2D eigenvalue weighted by Crippen LogP contribution is 2.14. The van der Waals surface area contributed by atoms with Gasteiger partial charge in [-0.25, -0.2) is 4.79 Å². The standard InChI is InChI=1S/C10H17N5OS/c1-7-13-14-10(17-7)12-9(16)11-6-8-4-3-5-15(8)2/h8H,3-6H2,1-2H3,(H2,11,12,14,16)/t8-/m1/s1. The van der Waals surface area contributed by atoms with Gasteiger partial charge in [0.05, 0.1) is 0 Å². The van der Waals surface area contributed by atoms with E-state index in [1.54, 1.807) is 0 Å². The Morgan fingerprint density at radius 1 is 1.59 bits per heavy atom. The van der Waals surface area contributed by atoms with E-state index in [-0.39, 0.29) is 6.03 Å². The number of nitrogens with zero attached hydrogens (tertiary/aromatic N) is 3. The van der Waals surface area contributed by atoms with Gasteiger partial charge in [0.15, 0.2) is 0 Å². The van der Waals surface area contributed by atoms with Crippen molar-refractivity contribution in [2.45, 2.75) is 25.8 Å². The van der Waals surface area contributed by atoms with E-state index in [1.165, 1.54) is 17.8 Å². The summed E-state index contributed by atoms with van der Waals surface area (Å²) in [7, 11) is 2.09. The molecule has 1 aliphatic heterocycles. The number of aromatic nitrogens is 2. The molecule has 1 fully saturated rings. The molecule has 0 unspecified atom stereocenters. The number of likely N-dealkylation sites (tertiary alicyclic amines) is 1. The summed E-state index contributed by atoms with van der Waals surface area (Å²) < 4.78 is 0. The van der Waals surface area contributed by atoms with Gasteiger partial charge in [0.1, 0.15) is 5.01 Å². The maximum absolute atomic E-state index is 11.6. The molecule has 1 aromatic rings. The zero-order valence-corrected chi connectivity index (χ0v) is 10.9. The van der Waals surface area contributed by atoms with Crippen molar-refractivity contribution < 1.29 is 4.79 Å². The minimum atomic E-state index is -0.207. The normalized spacial score (nSPS) is 20.5. The third kappa shape index (κ3) is 3.37. The molecule has 1 atom stereocenters. The first kappa shape index (κ1) is 12.3. The molecule has 0 saturated carbocycles. The van der Waals surface area contributed by atoms with E-state index < -0.39 is 0 Å². The minimum Gasteiger partial charge on any atom is -0.336 e. The summed E-state index contributed by atoms with van der Waals surface area (Å²) in [5.41, 5.74) is 0. The fraction of sp³-hybridized carbons (Fsp3) is 0.700. The van der Waals surface area contributed by atoms with Crippen LogP contribution in [-0.4, -0.2) is 47.3 Å². The number of hydrogen-bond acceptors (Lipinski definition) is 5. The SMILES string of the molecule is Cc1nnc(NC(=O)NC[C@H]2CCCN2C)s1. The van der Waals surface area contributed by atoms with Crippen molar-refractivity contribution in [1.82, 2.24) is 20.4 Å². The molecule has 7 heteroatoms. The fourth-order valence-corrected chi connectivity index (χ4v) is 2.52. The molecule has 1 aliphatic rings. The molecule has 1 aromatic heterocycles. The smallest absolute Gasteiger partial charge is 0.321 e. The Kier molecular flexibility index (Phi) is 3.90. The summed E-state index contributed by atoms with van der Waals surface area (Å²) in [4.78, 5) is 13.9. The molecule has 17 heavy (non-hydrogen) atoms. The number of carbonyl (C=O) groups is 1. The van der Waals surface area contributed by atoms with E-state index in [0.717, 1.165) is 18.0 Å². The molecular formula is C10H17N5OS. The molecule has 6 nitrogen and oxygen atoms in total. The average Bonchev–Trinajstić information content (AvgIpc) is 2.85. The summed E-state index contributed by atoms with van der Waals surface area (Å²) in [6.45, 7) is 3.65. The van der Waals surface area contributed by atoms with Gasteiger partial charge in [-0.1, -0.05) is 11.3 Å². The molecule has 2 heterocycles. The van der Waals surface area contributed by atoms with Gasteiger partial charge in [-0.2, -0.15) is 0 Å². The summed E-state index contributed by atoms with van der Waals surface area (Å²) in [5, 5.41) is 14.6. The van der Waals surface area contributed by atoms with E-state index in [1.807, 2.05) is 6.92 Å². The lowest BCUT2D eigenvalue weighted by Crippen LogP contribution is -2.40. The lowest BCUT2D eigenvalue weighted by molar-refractivity contribution is 0.245. The lowest BCUT2D eigenvalue weighted by atomic mass is 10.2. The van der Waals surface area contributed by atoms with Gasteiger partial charge in [0.2, 0.25) is 5.13 Å². The van der Waals surface area contributed by atoms with Crippen LogP contribution in [0.1, 0.15) is 17.8 Å². The van der Waals surface area contributed by atoms with Gasteiger partial charge in [-0.15, -0.1) is 10.2 Å². The first-order chi connectivity index (χ1) is 8.15. The Morgan fingerprint density at radius 3 is 3.00 bits per heavy atom. The Bertz CT molecular complexity index is 394.